The molecule has 1 fully saturated rings. The van der Waals surface area contributed by atoms with Gasteiger partial charge in [0.25, 0.3) is 0 Å². The minimum absolute atomic E-state index is 0.0000268. The maximum absolute atomic E-state index is 11.9. The number of nitrogens with zero attached hydrogens (tertiary/aromatic N) is 2. The van der Waals surface area contributed by atoms with Crippen molar-refractivity contribution < 1.29 is 27.4 Å². The molecule has 1 saturated heterocycles. The summed E-state index contributed by atoms with van der Waals surface area (Å²) in [5.41, 5.74) is 4.97. The van der Waals surface area contributed by atoms with Crippen LogP contribution in [0.4, 0.5) is 0 Å². The Morgan fingerprint density at radius 1 is 1.00 bits per heavy atom. The van der Waals surface area contributed by atoms with Gasteiger partial charge in [-0.2, -0.15) is 0 Å². The van der Waals surface area contributed by atoms with E-state index >= 15 is 0 Å². The number of rotatable bonds is 15. The first-order valence-corrected chi connectivity index (χ1v) is 18.1. The first kappa shape index (κ1) is 34.4. The Bertz CT molecular complexity index is 1810. The Morgan fingerprint density at radius 3 is 2.57 bits per heavy atom. The molecule has 0 radical (unpaired) electrons. The van der Waals surface area contributed by atoms with Crippen molar-refractivity contribution in [1.29, 1.82) is 0 Å². The fourth-order valence-electron chi connectivity index (χ4n) is 5.77. The second-order valence-corrected chi connectivity index (χ2v) is 14.4. The highest BCUT2D eigenvalue weighted by Gasteiger charge is 2.20. The van der Waals surface area contributed by atoms with Crippen molar-refractivity contribution in [3.63, 3.8) is 0 Å². The molecule has 2 heterocycles. The van der Waals surface area contributed by atoms with Crippen LogP contribution in [0.2, 0.25) is 5.02 Å². The van der Waals surface area contributed by atoms with Crippen molar-refractivity contribution in [1.82, 2.24) is 9.88 Å². The summed E-state index contributed by atoms with van der Waals surface area (Å²) in [7, 11) is -3.42. The van der Waals surface area contributed by atoms with Gasteiger partial charge in [0.2, 0.25) is 0 Å². The number of benzene rings is 3. The number of ether oxygens (including phenoxy) is 3. The Labute approximate surface area is 282 Å². The third-order valence-corrected chi connectivity index (χ3v) is 9.97. The summed E-state index contributed by atoms with van der Waals surface area (Å²) in [5.74, 6) is 2.31. The number of carbonyl (C=O) groups excluding carboxylic acids is 1. The van der Waals surface area contributed by atoms with Crippen LogP contribution >= 0.6 is 11.6 Å². The average molecular weight is 677 g/mol. The minimum Gasteiger partial charge on any atom is -0.494 e. The van der Waals surface area contributed by atoms with Gasteiger partial charge in [-0.3, -0.25) is 9.78 Å². The number of aldehydes is 1. The SMILES string of the molecule is CC[C@@H]1CCN(CCCOc2cccc(-c3cccc(COc4cc(OCc5cncc(S(C)(=O)=O)c5)c(C=O)cc4Cl)c3C)c2)C1. The van der Waals surface area contributed by atoms with E-state index in [2.05, 4.69) is 41.9 Å². The molecule has 10 heteroatoms. The van der Waals surface area contributed by atoms with Crippen molar-refractivity contribution in [2.24, 2.45) is 5.92 Å². The second-order valence-electron chi connectivity index (χ2n) is 12.0. The summed E-state index contributed by atoms with van der Waals surface area (Å²) in [6.45, 7) is 8.74. The highest BCUT2D eigenvalue weighted by atomic mass is 35.5. The van der Waals surface area contributed by atoms with E-state index in [0.29, 0.717) is 24.2 Å². The predicted molar refractivity (Wildman–Crippen MR) is 184 cm³/mol. The molecule has 0 aliphatic carbocycles. The molecule has 5 rings (SSSR count). The summed E-state index contributed by atoms with van der Waals surface area (Å²) < 4.78 is 42.0. The first-order valence-electron chi connectivity index (χ1n) is 15.9. The Hall–Kier alpha value is -3.92. The number of halogens is 1. The maximum Gasteiger partial charge on any atom is 0.177 e. The van der Waals surface area contributed by atoms with Crippen LogP contribution in [0, 0.1) is 12.8 Å². The Kier molecular flexibility index (Phi) is 11.6. The molecule has 4 aromatic rings. The topological polar surface area (TPSA) is 95.0 Å². The molecule has 47 heavy (non-hydrogen) atoms. The van der Waals surface area contributed by atoms with Crippen LogP contribution in [0.1, 0.15) is 53.2 Å². The fraction of sp³-hybridized carbons (Fsp3) is 0.351. The van der Waals surface area contributed by atoms with Crippen molar-refractivity contribution >= 4 is 27.7 Å². The van der Waals surface area contributed by atoms with E-state index in [1.54, 1.807) is 6.07 Å². The smallest absolute Gasteiger partial charge is 0.177 e. The number of likely N-dealkylation sites (tertiary alicyclic amines) is 1. The summed E-state index contributed by atoms with van der Waals surface area (Å²) in [6, 6.07) is 18.8. The molecule has 1 aromatic heterocycles. The molecular formula is C37H41ClN2O6S. The number of aromatic nitrogens is 1. The zero-order valence-corrected chi connectivity index (χ0v) is 28.6. The zero-order chi connectivity index (χ0) is 33.4. The molecule has 1 aliphatic rings. The van der Waals surface area contributed by atoms with E-state index in [-0.39, 0.29) is 34.4 Å². The van der Waals surface area contributed by atoms with Gasteiger partial charge >= 0.3 is 0 Å². The normalized spacial score (nSPS) is 15.0. The number of carbonyl (C=O) groups is 1. The predicted octanol–water partition coefficient (Wildman–Crippen LogP) is 7.59. The van der Waals surface area contributed by atoms with E-state index in [1.165, 1.54) is 50.5 Å². The fourth-order valence-corrected chi connectivity index (χ4v) is 6.62. The summed E-state index contributed by atoms with van der Waals surface area (Å²) >= 11 is 6.49. The van der Waals surface area contributed by atoms with Crippen molar-refractivity contribution in [3.05, 3.63) is 100 Å². The molecule has 1 aliphatic heterocycles. The van der Waals surface area contributed by atoms with Gasteiger partial charge in [-0.05, 0) is 78.7 Å². The van der Waals surface area contributed by atoms with E-state index in [1.807, 2.05) is 24.3 Å². The molecule has 1 atom stereocenters. The highest BCUT2D eigenvalue weighted by molar-refractivity contribution is 7.90. The van der Waals surface area contributed by atoms with Crippen molar-refractivity contribution in [3.8, 4) is 28.4 Å². The van der Waals surface area contributed by atoms with Crippen molar-refractivity contribution in [2.75, 3.05) is 32.5 Å². The van der Waals surface area contributed by atoms with Crippen LogP contribution in [-0.4, -0.2) is 57.1 Å². The van der Waals surface area contributed by atoms with Crippen LogP contribution < -0.4 is 14.2 Å². The number of hydrogen-bond donors (Lipinski definition) is 0. The standard InChI is InChI=1S/C37H41ClN2O6S/c1-4-27-12-14-40(22-27)13-7-15-44-32-10-5-8-29(17-32)34-11-6-9-30(26(34)2)25-46-37-19-36(31(23-41)18-35(37)38)45-24-28-16-33(21-39-20-28)47(3,42)43/h5-6,8-11,16-21,23,27H,4,7,12-15,22,24-25H2,1-3H3/t27-/m1/s1. The van der Waals surface area contributed by atoms with Crippen LogP contribution in [-0.2, 0) is 23.1 Å². The van der Waals surface area contributed by atoms with Gasteiger partial charge in [-0.25, -0.2) is 8.42 Å². The van der Waals surface area contributed by atoms with Crippen LogP contribution in [0.3, 0.4) is 0 Å². The third kappa shape index (κ3) is 9.12. The molecule has 248 valence electrons. The molecule has 3 aromatic carbocycles. The third-order valence-electron chi connectivity index (χ3n) is 8.59. The number of pyridine rings is 1. The summed E-state index contributed by atoms with van der Waals surface area (Å²) in [5, 5.41) is 0.272. The van der Waals surface area contributed by atoms with Crippen LogP contribution in [0.25, 0.3) is 11.1 Å². The monoisotopic (exact) mass is 676 g/mol. The van der Waals surface area contributed by atoms with E-state index in [9.17, 15) is 13.2 Å². The zero-order valence-electron chi connectivity index (χ0n) is 27.1. The highest BCUT2D eigenvalue weighted by Crippen LogP contribution is 2.34. The molecule has 0 spiro atoms. The van der Waals surface area contributed by atoms with Gasteiger partial charge in [0, 0.05) is 43.4 Å². The number of sulfone groups is 1. The van der Waals surface area contributed by atoms with Gasteiger partial charge in [-0.1, -0.05) is 55.3 Å². The second kappa shape index (κ2) is 15.8. The summed E-state index contributed by atoms with van der Waals surface area (Å²) in [4.78, 5) is 18.4. The molecule has 0 amide bonds. The van der Waals surface area contributed by atoms with Gasteiger partial charge in [0.1, 0.15) is 30.5 Å². The van der Waals surface area contributed by atoms with Crippen LogP contribution in [0.15, 0.2) is 78.0 Å². The summed E-state index contributed by atoms with van der Waals surface area (Å²) in [6.07, 6.45) is 8.13. The Balaban J connectivity index is 1.23. The van der Waals surface area contributed by atoms with E-state index in [4.69, 9.17) is 25.8 Å². The lowest BCUT2D eigenvalue weighted by Crippen LogP contribution is -2.23. The van der Waals surface area contributed by atoms with E-state index < -0.39 is 9.84 Å². The van der Waals surface area contributed by atoms with Gasteiger partial charge < -0.3 is 19.1 Å². The van der Waals surface area contributed by atoms with Crippen LogP contribution in [0.5, 0.6) is 17.2 Å². The Morgan fingerprint density at radius 2 is 1.81 bits per heavy atom. The van der Waals surface area contributed by atoms with Crippen molar-refractivity contribution in [2.45, 2.75) is 51.2 Å². The molecule has 0 bridgehead atoms. The van der Waals surface area contributed by atoms with Gasteiger partial charge in [-0.15, -0.1) is 0 Å². The average Bonchev–Trinajstić information content (AvgIpc) is 3.54. The lowest BCUT2D eigenvalue weighted by molar-refractivity contribution is 0.111. The molecule has 0 N–H and O–H groups in total. The quantitative estimate of drug-likeness (QED) is 0.0939. The minimum atomic E-state index is -3.42. The van der Waals surface area contributed by atoms with Gasteiger partial charge in [0.05, 0.1) is 22.1 Å². The molecule has 0 saturated carbocycles. The van der Waals surface area contributed by atoms with Gasteiger partial charge in [0.15, 0.2) is 16.1 Å². The lowest BCUT2D eigenvalue weighted by Gasteiger charge is -2.17. The molecule has 8 nitrogen and oxygen atoms in total. The molecule has 0 unspecified atom stereocenters. The first-order chi connectivity index (χ1) is 22.6. The molecular weight excluding hydrogens is 636 g/mol. The van der Waals surface area contributed by atoms with E-state index in [0.717, 1.165) is 53.1 Å². The largest absolute Gasteiger partial charge is 0.494 e. The maximum atomic E-state index is 11.9. The lowest BCUT2D eigenvalue weighted by atomic mass is 9.96. The number of hydrogen-bond acceptors (Lipinski definition) is 8.